The van der Waals surface area contributed by atoms with Gasteiger partial charge in [-0.1, -0.05) is 83.2 Å². The van der Waals surface area contributed by atoms with Crippen molar-refractivity contribution in [1.29, 1.82) is 0 Å². The zero-order valence-corrected chi connectivity index (χ0v) is 21.0. The Balaban J connectivity index is 1.42. The molecule has 1 amide bonds. The summed E-state index contributed by atoms with van der Waals surface area (Å²) in [6.45, 7) is 7.37. The zero-order valence-electron chi connectivity index (χ0n) is 21.0. The Hall–Kier alpha value is -2.40. The van der Waals surface area contributed by atoms with Crippen LogP contribution in [0.3, 0.4) is 0 Å². The van der Waals surface area contributed by atoms with Crippen LogP contribution in [-0.4, -0.2) is 39.2 Å². The Morgan fingerprint density at radius 3 is 2.44 bits per heavy atom. The third-order valence-corrected chi connectivity index (χ3v) is 8.32. The number of hydrogen-bond donors (Lipinski definition) is 1. The maximum absolute atomic E-state index is 13.2. The van der Waals surface area contributed by atoms with Crippen LogP contribution in [0.4, 0.5) is 0 Å². The summed E-state index contributed by atoms with van der Waals surface area (Å²) in [5.74, 6) is 0.913. The van der Waals surface area contributed by atoms with Gasteiger partial charge in [0.2, 0.25) is 5.91 Å². The second-order valence-corrected chi connectivity index (χ2v) is 11.3. The van der Waals surface area contributed by atoms with Crippen LogP contribution >= 0.6 is 0 Å². The number of carbonyl (C=O) groups is 1. The number of piperidine rings is 1. The number of nitrogens with zero attached hydrogens (tertiary/aromatic N) is 2. The van der Waals surface area contributed by atoms with Crippen molar-refractivity contribution in [2.45, 2.75) is 77.9 Å². The van der Waals surface area contributed by atoms with Crippen LogP contribution in [0.25, 0.3) is 11.1 Å². The summed E-state index contributed by atoms with van der Waals surface area (Å²) in [7, 11) is 0. The molecule has 4 rings (SSSR count). The molecule has 5 heteroatoms. The van der Waals surface area contributed by atoms with E-state index in [2.05, 4.69) is 6.92 Å². The molecule has 2 aromatic rings. The quantitative estimate of drug-likeness (QED) is 0.646. The van der Waals surface area contributed by atoms with E-state index >= 15 is 0 Å². The van der Waals surface area contributed by atoms with Gasteiger partial charge in [0.05, 0.1) is 12.1 Å². The summed E-state index contributed by atoms with van der Waals surface area (Å²) < 4.78 is 1.61. The van der Waals surface area contributed by atoms with Gasteiger partial charge in [-0.25, -0.2) is 0 Å². The maximum Gasteiger partial charge on any atom is 0.251 e. The minimum absolute atomic E-state index is 0.0262. The molecule has 0 radical (unpaired) electrons. The molecule has 2 aliphatic rings. The normalized spacial score (nSPS) is 24.1. The Kier molecular flexibility index (Phi) is 7.32. The van der Waals surface area contributed by atoms with Gasteiger partial charge in [-0.15, -0.1) is 0 Å². The first-order valence-corrected chi connectivity index (χ1v) is 13.0. The van der Waals surface area contributed by atoms with Crippen molar-refractivity contribution in [3.05, 3.63) is 59.0 Å². The first kappa shape index (κ1) is 24.7. The fourth-order valence-electron chi connectivity index (χ4n) is 5.91. The monoisotopic (exact) mass is 464 g/mol. The van der Waals surface area contributed by atoms with Crippen molar-refractivity contribution >= 4 is 5.91 Å². The first-order valence-electron chi connectivity index (χ1n) is 13.0. The summed E-state index contributed by atoms with van der Waals surface area (Å²) in [6, 6.07) is 13.4. The largest absolute Gasteiger partial charge is 0.387 e. The molecule has 1 saturated carbocycles. The van der Waals surface area contributed by atoms with E-state index in [9.17, 15) is 14.7 Å². The molecule has 1 saturated heterocycles. The Morgan fingerprint density at radius 1 is 1.09 bits per heavy atom. The van der Waals surface area contributed by atoms with Crippen molar-refractivity contribution in [2.24, 2.45) is 17.3 Å². The van der Waals surface area contributed by atoms with Gasteiger partial charge in [0.1, 0.15) is 0 Å². The highest BCUT2D eigenvalue weighted by Gasteiger charge is 2.49. The van der Waals surface area contributed by atoms with Crippen LogP contribution in [0.2, 0.25) is 0 Å². The number of pyridine rings is 1. The number of aliphatic hydroxyl groups is 1. The predicted molar refractivity (Wildman–Crippen MR) is 136 cm³/mol. The highest BCUT2D eigenvalue weighted by atomic mass is 16.3. The van der Waals surface area contributed by atoms with Crippen LogP contribution < -0.4 is 5.56 Å². The van der Waals surface area contributed by atoms with Crippen LogP contribution in [0.15, 0.2) is 53.5 Å². The topological polar surface area (TPSA) is 62.5 Å². The van der Waals surface area contributed by atoms with Crippen LogP contribution in [0.5, 0.6) is 0 Å². The van der Waals surface area contributed by atoms with Crippen molar-refractivity contribution in [3.8, 4) is 11.1 Å². The third-order valence-electron chi connectivity index (χ3n) is 8.32. The molecule has 1 N–H and O–H groups in total. The number of rotatable bonds is 6. The Bertz CT molecular complexity index is 1040. The lowest BCUT2D eigenvalue weighted by Gasteiger charge is -2.51. The lowest BCUT2D eigenvalue weighted by molar-refractivity contribution is -0.157. The molecule has 2 fully saturated rings. The summed E-state index contributed by atoms with van der Waals surface area (Å²) in [5.41, 5.74) is 0.169. The Labute approximate surface area is 203 Å². The second-order valence-electron chi connectivity index (χ2n) is 11.3. The van der Waals surface area contributed by atoms with Gasteiger partial charge in [-0.3, -0.25) is 9.59 Å². The highest BCUT2D eigenvalue weighted by Crippen LogP contribution is 2.40. The Morgan fingerprint density at radius 2 is 1.79 bits per heavy atom. The number of carbonyl (C=O) groups excluding carboxylic acids is 1. The van der Waals surface area contributed by atoms with Crippen LogP contribution in [0, 0.1) is 17.3 Å². The van der Waals surface area contributed by atoms with E-state index in [0.29, 0.717) is 25.4 Å². The van der Waals surface area contributed by atoms with Gasteiger partial charge in [0.25, 0.3) is 5.56 Å². The molecule has 0 bridgehead atoms. The molecule has 1 aliphatic heterocycles. The number of likely N-dealkylation sites (tertiary alicyclic amines) is 1. The molecule has 5 nitrogen and oxygen atoms in total. The molecule has 1 aromatic carbocycles. The molecule has 0 spiro atoms. The minimum Gasteiger partial charge on any atom is -0.387 e. The molecular weight excluding hydrogens is 424 g/mol. The van der Waals surface area contributed by atoms with Gasteiger partial charge in [-0.05, 0) is 36.0 Å². The van der Waals surface area contributed by atoms with Crippen molar-refractivity contribution in [2.75, 3.05) is 13.1 Å². The molecule has 2 atom stereocenters. The summed E-state index contributed by atoms with van der Waals surface area (Å²) >= 11 is 0. The molecule has 34 heavy (non-hydrogen) atoms. The number of benzene rings is 1. The zero-order chi connectivity index (χ0) is 24.3. The molecule has 2 heterocycles. The van der Waals surface area contributed by atoms with Crippen LogP contribution in [-0.2, 0) is 11.3 Å². The minimum atomic E-state index is -1.06. The van der Waals surface area contributed by atoms with E-state index < -0.39 is 11.0 Å². The number of aromatic nitrogens is 1. The fourth-order valence-corrected chi connectivity index (χ4v) is 5.91. The highest BCUT2D eigenvalue weighted by molar-refractivity contribution is 5.78. The third kappa shape index (κ3) is 5.30. The maximum atomic E-state index is 13.2. The van der Waals surface area contributed by atoms with Crippen molar-refractivity contribution < 1.29 is 9.90 Å². The lowest BCUT2D eigenvalue weighted by atomic mass is 9.69. The van der Waals surface area contributed by atoms with Crippen molar-refractivity contribution in [3.63, 3.8) is 0 Å². The van der Waals surface area contributed by atoms with Gasteiger partial charge in [-0.2, -0.15) is 0 Å². The van der Waals surface area contributed by atoms with Gasteiger partial charge >= 0.3 is 0 Å². The number of hydrogen-bond acceptors (Lipinski definition) is 3. The first-order chi connectivity index (χ1) is 16.2. The summed E-state index contributed by atoms with van der Waals surface area (Å²) in [4.78, 5) is 28.1. The van der Waals surface area contributed by atoms with E-state index in [1.807, 2.05) is 55.1 Å². The standard InChI is InChI=1S/C29H40N2O3/c1-22(18-23-10-6-4-7-11-23)27(33)31-17-15-29(34,28(2,3)20-31)21-30-16-14-25(19-26(30)32)24-12-8-5-9-13-24/h5,8-9,12-14,16,19,22-23,34H,4,6-7,10-11,15,17-18,20-21H2,1-3H3/t22-,29?/m1/s1. The summed E-state index contributed by atoms with van der Waals surface area (Å²) in [6.07, 6.45) is 9.64. The van der Waals surface area contributed by atoms with E-state index in [-0.39, 0.29) is 23.9 Å². The average molecular weight is 465 g/mol. The van der Waals surface area contributed by atoms with E-state index in [1.54, 1.807) is 16.8 Å². The predicted octanol–water partition coefficient (Wildman–Crippen LogP) is 5.11. The second kappa shape index (κ2) is 10.1. The smallest absolute Gasteiger partial charge is 0.251 e. The lowest BCUT2D eigenvalue weighted by Crippen LogP contribution is -2.61. The van der Waals surface area contributed by atoms with E-state index in [4.69, 9.17) is 0 Å². The molecule has 1 aliphatic carbocycles. The number of amides is 1. The summed E-state index contributed by atoms with van der Waals surface area (Å²) in [5, 5.41) is 11.7. The molecule has 1 unspecified atom stereocenters. The van der Waals surface area contributed by atoms with Crippen molar-refractivity contribution in [1.82, 2.24) is 9.47 Å². The van der Waals surface area contributed by atoms with Gasteiger partial charge in [0.15, 0.2) is 0 Å². The average Bonchev–Trinajstić information content (AvgIpc) is 2.83. The van der Waals surface area contributed by atoms with E-state index in [0.717, 1.165) is 17.5 Å². The molecule has 1 aromatic heterocycles. The molecule has 184 valence electrons. The fraction of sp³-hybridized carbons (Fsp3) is 0.586. The van der Waals surface area contributed by atoms with Gasteiger partial charge < -0.3 is 14.6 Å². The van der Waals surface area contributed by atoms with E-state index in [1.165, 1.54) is 32.1 Å². The SMILES string of the molecule is C[C@H](CC1CCCCC1)C(=O)N1CCC(O)(Cn2ccc(-c3ccccc3)cc2=O)C(C)(C)C1. The van der Waals surface area contributed by atoms with Gasteiger partial charge in [0, 0.05) is 36.7 Å². The van der Waals surface area contributed by atoms with Crippen LogP contribution in [0.1, 0.15) is 65.7 Å². The molecular formula is C29H40N2O3.